The van der Waals surface area contributed by atoms with Gasteiger partial charge in [0.15, 0.2) is 5.82 Å². The number of anilines is 3. The van der Waals surface area contributed by atoms with E-state index in [1.54, 1.807) is 18.3 Å². The maximum absolute atomic E-state index is 11.5. The lowest BCUT2D eigenvalue weighted by molar-refractivity contribution is 0.507. The van der Waals surface area contributed by atoms with E-state index in [0.29, 0.717) is 24.0 Å². The lowest BCUT2D eigenvalue weighted by Gasteiger charge is -2.12. The van der Waals surface area contributed by atoms with Crippen molar-refractivity contribution in [2.24, 2.45) is 0 Å². The highest BCUT2D eigenvalue weighted by Crippen LogP contribution is 2.13. The molecular weight excluding hydrogens is 330 g/mol. The Hall–Kier alpha value is -2.30. The van der Waals surface area contributed by atoms with Gasteiger partial charge < -0.3 is 10.6 Å². The molecule has 24 heavy (non-hydrogen) atoms. The Morgan fingerprint density at radius 3 is 2.38 bits per heavy atom. The molecule has 130 valence electrons. The summed E-state index contributed by atoms with van der Waals surface area (Å²) in [4.78, 5) is 4.19. The van der Waals surface area contributed by atoms with Crippen LogP contribution in [0, 0.1) is 6.92 Å². The molecule has 2 aromatic rings. The summed E-state index contributed by atoms with van der Waals surface area (Å²) in [6.45, 7) is 2.62. The van der Waals surface area contributed by atoms with Crippen LogP contribution in [0.1, 0.15) is 5.56 Å². The standard InChI is InChI=1S/C14H21N7O2S/c1-11-6-7-15-14(10-11)18-13-5-4-12(19-20-13)16-8-9-17-24(22,23)21(2)3/h4-7,10,17H,8-9H2,1-3H3,(H,16,19)(H,15,18,20). The van der Waals surface area contributed by atoms with Crippen LogP contribution in [0.2, 0.25) is 0 Å². The molecule has 0 spiro atoms. The Morgan fingerprint density at radius 2 is 1.75 bits per heavy atom. The van der Waals surface area contributed by atoms with Crippen molar-refractivity contribution in [3.05, 3.63) is 36.0 Å². The first kappa shape index (κ1) is 18.0. The number of hydrogen-bond donors (Lipinski definition) is 3. The molecule has 2 heterocycles. The van der Waals surface area contributed by atoms with Gasteiger partial charge >= 0.3 is 0 Å². The van der Waals surface area contributed by atoms with Gasteiger partial charge in [-0.25, -0.2) is 9.71 Å². The van der Waals surface area contributed by atoms with E-state index in [9.17, 15) is 8.42 Å². The van der Waals surface area contributed by atoms with Crippen LogP contribution in [0.25, 0.3) is 0 Å². The minimum absolute atomic E-state index is 0.245. The monoisotopic (exact) mass is 351 g/mol. The molecular formula is C14H21N7O2S. The molecule has 9 nitrogen and oxygen atoms in total. The van der Waals surface area contributed by atoms with Gasteiger partial charge in [-0.15, -0.1) is 10.2 Å². The molecule has 2 rings (SSSR count). The van der Waals surface area contributed by atoms with Gasteiger partial charge in [0.2, 0.25) is 0 Å². The zero-order valence-electron chi connectivity index (χ0n) is 13.8. The average molecular weight is 351 g/mol. The molecule has 0 atom stereocenters. The zero-order chi connectivity index (χ0) is 17.6. The van der Waals surface area contributed by atoms with Crippen molar-refractivity contribution in [1.29, 1.82) is 0 Å². The summed E-state index contributed by atoms with van der Waals surface area (Å²) in [6.07, 6.45) is 1.72. The molecule has 0 aliphatic carbocycles. The number of nitrogens with one attached hydrogen (secondary N) is 3. The Morgan fingerprint density at radius 1 is 1.04 bits per heavy atom. The van der Waals surface area contributed by atoms with Crippen LogP contribution in [-0.4, -0.2) is 55.1 Å². The fraction of sp³-hybridized carbons (Fsp3) is 0.357. The first-order valence-electron chi connectivity index (χ1n) is 7.31. The van der Waals surface area contributed by atoms with Crippen LogP contribution in [0.5, 0.6) is 0 Å². The zero-order valence-corrected chi connectivity index (χ0v) is 14.6. The van der Waals surface area contributed by atoms with Crippen molar-refractivity contribution in [3.63, 3.8) is 0 Å². The number of aromatic nitrogens is 3. The topological polar surface area (TPSA) is 112 Å². The van der Waals surface area contributed by atoms with Crippen molar-refractivity contribution in [3.8, 4) is 0 Å². The molecule has 2 aromatic heterocycles. The summed E-state index contributed by atoms with van der Waals surface area (Å²) in [6, 6.07) is 7.34. The highest BCUT2D eigenvalue weighted by atomic mass is 32.2. The van der Waals surface area contributed by atoms with Crippen LogP contribution in [0.4, 0.5) is 17.5 Å². The third-order valence-electron chi connectivity index (χ3n) is 3.03. The molecule has 0 aromatic carbocycles. The fourth-order valence-electron chi connectivity index (χ4n) is 1.73. The van der Waals surface area contributed by atoms with Crippen molar-refractivity contribution in [1.82, 2.24) is 24.2 Å². The lowest BCUT2D eigenvalue weighted by atomic mass is 10.3. The third-order valence-corrected chi connectivity index (χ3v) is 4.56. The summed E-state index contributed by atoms with van der Waals surface area (Å²) >= 11 is 0. The van der Waals surface area contributed by atoms with E-state index in [0.717, 1.165) is 9.87 Å². The second kappa shape index (κ2) is 7.99. The molecule has 0 saturated carbocycles. The summed E-state index contributed by atoms with van der Waals surface area (Å²) in [5.74, 6) is 1.83. The maximum atomic E-state index is 11.5. The Balaban J connectivity index is 1.82. The first-order chi connectivity index (χ1) is 11.4. The molecule has 0 fully saturated rings. The molecule has 0 radical (unpaired) electrons. The molecule has 0 saturated heterocycles. The van der Waals surface area contributed by atoms with E-state index in [1.807, 2.05) is 19.1 Å². The molecule has 0 unspecified atom stereocenters. The highest BCUT2D eigenvalue weighted by molar-refractivity contribution is 7.87. The molecule has 0 bridgehead atoms. The van der Waals surface area contributed by atoms with Crippen molar-refractivity contribution >= 4 is 27.7 Å². The van der Waals surface area contributed by atoms with Crippen LogP contribution in [0.15, 0.2) is 30.5 Å². The largest absolute Gasteiger partial charge is 0.367 e. The average Bonchev–Trinajstić information content (AvgIpc) is 2.53. The van der Waals surface area contributed by atoms with Crippen LogP contribution in [0.3, 0.4) is 0 Å². The van der Waals surface area contributed by atoms with Crippen LogP contribution in [-0.2, 0) is 10.2 Å². The highest BCUT2D eigenvalue weighted by Gasteiger charge is 2.11. The molecule has 3 N–H and O–H groups in total. The minimum Gasteiger partial charge on any atom is -0.367 e. The Kier molecular flexibility index (Phi) is 6.01. The van der Waals surface area contributed by atoms with Crippen LogP contribution >= 0.6 is 0 Å². The van der Waals surface area contributed by atoms with E-state index in [2.05, 4.69) is 30.5 Å². The summed E-state index contributed by atoms with van der Waals surface area (Å²) in [5, 5.41) is 14.1. The van der Waals surface area contributed by atoms with Gasteiger partial charge in [-0.1, -0.05) is 0 Å². The second-order valence-corrected chi connectivity index (χ2v) is 7.22. The second-order valence-electron chi connectivity index (χ2n) is 5.26. The maximum Gasteiger partial charge on any atom is 0.278 e. The number of hydrogen-bond acceptors (Lipinski definition) is 7. The predicted molar refractivity (Wildman–Crippen MR) is 93.4 cm³/mol. The van der Waals surface area contributed by atoms with Gasteiger partial charge in [0.25, 0.3) is 10.2 Å². The first-order valence-corrected chi connectivity index (χ1v) is 8.75. The Labute approximate surface area is 141 Å². The van der Waals surface area contributed by atoms with E-state index < -0.39 is 10.2 Å². The SMILES string of the molecule is Cc1ccnc(Nc2ccc(NCCNS(=O)(=O)N(C)C)nn2)c1. The van der Waals surface area contributed by atoms with Gasteiger partial charge in [0.05, 0.1) is 0 Å². The number of aryl methyl sites for hydroxylation is 1. The van der Waals surface area contributed by atoms with E-state index in [-0.39, 0.29) is 6.54 Å². The fourth-order valence-corrected chi connectivity index (χ4v) is 2.35. The predicted octanol–water partition coefficient (Wildman–Crippen LogP) is 0.732. The van der Waals surface area contributed by atoms with Crippen molar-refractivity contribution in [2.75, 3.05) is 37.8 Å². The van der Waals surface area contributed by atoms with Gasteiger partial charge in [0.1, 0.15) is 11.6 Å². The van der Waals surface area contributed by atoms with Crippen LogP contribution < -0.4 is 15.4 Å². The van der Waals surface area contributed by atoms with Crippen molar-refractivity contribution < 1.29 is 8.42 Å². The van der Waals surface area contributed by atoms with Gasteiger partial charge in [-0.05, 0) is 36.8 Å². The number of rotatable bonds is 8. The summed E-state index contributed by atoms with van der Waals surface area (Å²) in [5.41, 5.74) is 1.10. The molecule has 0 aliphatic rings. The molecule has 0 amide bonds. The van der Waals surface area contributed by atoms with Gasteiger partial charge in [-0.3, -0.25) is 0 Å². The normalized spacial score (nSPS) is 11.5. The quantitative estimate of drug-likeness (QED) is 0.601. The van der Waals surface area contributed by atoms with Gasteiger partial charge in [0, 0.05) is 33.4 Å². The van der Waals surface area contributed by atoms with Crippen molar-refractivity contribution in [2.45, 2.75) is 6.92 Å². The van der Waals surface area contributed by atoms with E-state index >= 15 is 0 Å². The lowest BCUT2D eigenvalue weighted by Crippen LogP contribution is -2.38. The Bertz CT molecular complexity index is 763. The summed E-state index contributed by atoms with van der Waals surface area (Å²) in [7, 11) is -0.471. The van der Waals surface area contributed by atoms with Gasteiger partial charge in [-0.2, -0.15) is 12.7 Å². The number of nitrogens with zero attached hydrogens (tertiary/aromatic N) is 4. The third kappa shape index (κ3) is 5.41. The van der Waals surface area contributed by atoms with E-state index in [4.69, 9.17) is 0 Å². The van der Waals surface area contributed by atoms with E-state index in [1.165, 1.54) is 14.1 Å². The smallest absolute Gasteiger partial charge is 0.278 e. The number of pyridine rings is 1. The summed E-state index contributed by atoms with van der Waals surface area (Å²) < 4.78 is 26.6. The molecule has 0 aliphatic heterocycles. The molecule has 10 heteroatoms. The minimum atomic E-state index is -3.41.